The lowest BCUT2D eigenvalue weighted by Crippen LogP contribution is -2.07. The fourth-order valence-electron chi connectivity index (χ4n) is 1.11. The Morgan fingerprint density at radius 2 is 2.10 bits per heavy atom. The highest BCUT2D eigenvalue weighted by atomic mass is 15.1. The van der Waals surface area contributed by atoms with E-state index in [4.69, 9.17) is 5.84 Å². The van der Waals surface area contributed by atoms with Crippen LogP contribution in [-0.4, -0.2) is 6.21 Å². The van der Waals surface area contributed by atoms with Gasteiger partial charge in [0.15, 0.2) is 0 Å². The predicted octanol–water partition coefficient (Wildman–Crippen LogP) is 2.00. The highest BCUT2D eigenvalue weighted by molar-refractivity contribution is 5.56. The Morgan fingerprint density at radius 3 is 2.40 bits per heavy atom. The minimum atomic E-state index is 0.739. The van der Waals surface area contributed by atoms with Gasteiger partial charge < -0.3 is 5.84 Å². The number of nitrogens with zero attached hydrogens (tertiary/aromatic N) is 1. The van der Waals surface area contributed by atoms with Gasteiger partial charge in [0.2, 0.25) is 0 Å². The molecule has 0 heterocycles. The summed E-state index contributed by atoms with van der Waals surface area (Å²) in [6, 6.07) is 0. The number of hydrogen-bond acceptors (Lipinski definition) is 2. The maximum Gasteiger partial charge on any atom is 0.0243 e. The van der Waals surface area contributed by atoms with Crippen molar-refractivity contribution >= 4 is 6.21 Å². The number of hydrogen-bond donors (Lipinski definition) is 1. The Kier molecular flexibility index (Phi) is 4.99. The SMILES string of the molecule is CCC(C/C=N\N)C(C)C. The van der Waals surface area contributed by atoms with Crippen molar-refractivity contribution < 1.29 is 0 Å². The third-order valence-electron chi connectivity index (χ3n) is 1.98. The molecule has 0 saturated heterocycles. The smallest absolute Gasteiger partial charge is 0.0243 e. The molecule has 0 saturated carbocycles. The first kappa shape index (κ1) is 9.47. The maximum atomic E-state index is 5.00. The highest BCUT2D eigenvalue weighted by Crippen LogP contribution is 2.16. The summed E-state index contributed by atoms with van der Waals surface area (Å²) >= 11 is 0. The summed E-state index contributed by atoms with van der Waals surface area (Å²) in [6.45, 7) is 6.67. The van der Waals surface area contributed by atoms with Crippen LogP contribution < -0.4 is 5.84 Å². The normalized spacial score (nSPS) is 14.8. The topological polar surface area (TPSA) is 38.4 Å². The molecular weight excluding hydrogens is 124 g/mol. The zero-order valence-electron chi connectivity index (χ0n) is 7.17. The molecule has 0 aliphatic carbocycles. The van der Waals surface area contributed by atoms with Crippen LogP contribution in [0.5, 0.6) is 0 Å². The molecule has 1 atom stereocenters. The molecule has 2 N–H and O–H groups in total. The van der Waals surface area contributed by atoms with E-state index in [9.17, 15) is 0 Å². The quantitative estimate of drug-likeness (QED) is 0.364. The van der Waals surface area contributed by atoms with Gasteiger partial charge in [-0.2, -0.15) is 5.10 Å². The molecule has 0 aliphatic rings. The monoisotopic (exact) mass is 142 g/mol. The standard InChI is InChI=1S/C8H18N2/c1-4-8(7(2)3)5-6-10-9/h6-8H,4-5,9H2,1-3H3/b10-6-. The summed E-state index contributed by atoms with van der Waals surface area (Å²) < 4.78 is 0. The van der Waals surface area contributed by atoms with E-state index in [1.54, 1.807) is 6.21 Å². The molecule has 0 rings (SSSR count). The first-order valence-corrected chi connectivity index (χ1v) is 3.94. The zero-order chi connectivity index (χ0) is 7.98. The minimum absolute atomic E-state index is 0.739. The molecule has 0 aliphatic heterocycles. The molecule has 1 unspecified atom stereocenters. The second-order valence-electron chi connectivity index (χ2n) is 2.98. The molecule has 0 amide bonds. The van der Waals surface area contributed by atoms with Gasteiger partial charge in [0, 0.05) is 6.21 Å². The third kappa shape index (κ3) is 3.49. The van der Waals surface area contributed by atoms with Gasteiger partial charge in [0.25, 0.3) is 0 Å². The van der Waals surface area contributed by atoms with E-state index in [1.807, 2.05) is 0 Å². The first-order valence-electron chi connectivity index (χ1n) is 3.94. The number of nitrogens with two attached hydrogens (primary N) is 1. The van der Waals surface area contributed by atoms with Crippen LogP contribution in [0.2, 0.25) is 0 Å². The summed E-state index contributed by atoms with van der Waals surface area (Å²) in [4.78, 5) is 0. The van der Waals surface area contributed by atoms with Crippen molar-refractivity contribution in [3.8, 4) is 0 Å². The van der Waals surface area contributed by atoms with Crippen molar-refractivity contribution in [3.05, 3.63) is 0 Å². The molecule has 0 spiro atoms. The van der Waals surface area contributed by atoms with Gasteiger partial charge >= 0.3 is 0 Å². The third-order valence-corrected chi connectivity index (χ3v) is 1.98. The van der Waals surface area contributed by atoms with Gasteiger partial charge in [-0.05, 0) is 18.3 Å². The van der Waals surface area contributed by atoms with Crippen molar-refractivity contribution in [2.45, 2.75) is 33.6 Å². The Hall–Kier alpha value is -0.530. The van der Waals surface area contributed by atoms with Crippen LogP contribution >= 0.6 is 0 Å². The molecular formula is C8H18N2. The van der Waals surface area contributed by atoms with Gasteiger partial charge in [-0.1, -0.05) is 27.2 Å². The molecule has 0 radical (unpaired) electrons. The summed E-state index contributed by atoms with van der Waals surface area (Å²) in [7, 11) is 0. The van der Waals surface area contributed by atoms with E-state index in [2.05, 4.69) is 25.9 Å². The Labute approximate surface area is 63.5 Å². The lowest BCUT2D eigenvalue weighted by atomic mass is 9.91. The van der Waals surface area contributed by atoms with Crippen LogP contribution in [0.3, 0.4) is 0 Å². The molecule has 2 nitrogen and oxygen atoms in total. The van der Waals surface area contributed by atoms with Gasteiger partial charge in [0.05, 0.1) is 0 Å². The average molecular weight is 142 g/mol. The number of rotatable bonds is 4. The van der Waals surface area contributed by atoms with Gasteiger partial charge in [0.1, 0.15) is 0 Å². The summed E-state index contributed by atoms with van der Waals surface area (Å²) in [5, 5.41) is 3.48. The number of hydrazone groups is 1. The first-order chi connectivity index (χ1) is 4.72. The predicted molar refractivity (Wildman–Crippen MR) is 45.9 cm³/mol. The summed E-state index contributed by atoms with van der Waals surface area (Å²) in [5.41, 5.74) is 0. The van der Waals surface area contributed by atoms with Crippen LogP contribution in [-0.2, 0) is 0 Å². The van der Waals surface area contributed by atoms with Crippen molar-refractivity contribution in [1.82, 2.24) is 0 Å². The van der Waals surface area contributed by atoms with Gasteiger partial charge in [-0.3, -0.25) is 0 Å². The van der Waals surface area contributed by atoms with Crippen LogP contribution in [0.1, 0.15) is 33.6 Å². The van der Waals surface area contributed by atoms with E-state index in [-0.39, 0.29) is 0 Å². The average Bonchev–Trinajstić information content (AvgIpc) is 1.89. The van der Waals surface area contributed by atoms with Crippen LogP contribution in [0.25, 0.3) is 0 Å². The van der Waals surface area contributed by atoms with Gasteiger partial charge in [-0.25, -0.2) is 0 Å². The van der Waals surface area contributed by atoms with Gasteiger partial charge in [-0.15, -0.1) is 0 Å². The molecule has 0 aromatic heterocycles. The van der Waals surface area contributed by atoms with E-state index in [1.165, 1.54) is 6.42 Å². The second kappa shape index (κ2) is 5.27. The second-order valence-corrected chi connectivity index (χ2v) is 2.98. The van der Waals surface area contributed by atoms with E-state index >= 15 is 0 Å². The van der Waals surface area contributed by atoms with Crippen molar-refractivity contribution in [3.63, 3.8) is 0 Å². The van der Waals surface area contributed by atoms with Crippen LogP contribution in [0, 0.1) is 11.8 Å². The Bertz CT molecular complexity index is 97.4. The lowest BCUT2D eigenvalue weighted by molar-refractivity contribution is 0.387. The van der Waals surface area contributed by atoms with E-state index < -0.39 is 0 Å². The summed E-state index contributed by atoms with van der Waals surface area (Å²) in [6.07, 6.45) is 4.03. The Morgan fingerprint density at radius 1 is 1.50 bits per heavy atom. The Balaban J connectivity index is 3.60. The molecule has 2 heteroatoms. The molecule has 0 aromatic rings. The van der Waals surface area contributed by atoms with Crippen molar-refractivity contribution in [2.24, 2.45) is 22.8 Å². The molecule has 10 heavy (non-hydrogen) atoms. The van der Waals surface area contributed by atoms with Crippen molar-refractivity contribution in [2.75, 3.05) is 0 Å². The molecule has 0 aromatic carbocycles. The van der Waals surface area contributed by atoms with Crippen LogP contribution in [0.4, 0.5) is 0 Å². The minimum Gasteiger partial charge on any atom is -0.324 e. The largest absolute Gasteiger partial charge is 0.324 e. The summed E-state index contributed by atoms with van der Waals surface area (Å²) in [5.74, 6) is 6.48. The zero-order valence-corrected chi connectivity index (χ0v) is 7.17. The van der Waals surface area contributed by atoms with Crippen molar-refractivity contribution in [1.29, 1.82) is 0 Å². The van der Waals surface area contributed by atoms with E-state index in [0.29, 0.717) is 0 Å². The fraction of sp³-hybridized carbons (Fsp3) is 0.875. The van der Waals surface area contributed by atoms with Crippen LogP contribution in [0.15, 0.2) is 5.10 Å². The molecule has 0 fully saturated rings. The van der Waals surface area contributed by atoms with E-state index in [0.717, 1.165) is 18.3 Å². The maximum absolute atomic E-state index is 5.00. The lowest BCUT2D eigenvalue weighted by Gasteiger charge is -2.15. The molecule has 0 bridgehead atoms. The molecule has 60 valence electrons. The highest BCUT2D eigenvalue weighted by Gasteiger charge is 2.08. The fourth-order valence-corrected chi connectivity index (χ4v) is 1.11.